The van der Waals surface area contributed by atoms with E-state index in [0.717, 1.165) is 11.3 Å². The van der Waals surface area contributed by atoms with Crippen molar-refractivity contribution < 1.29 is 19.1 Å². The third-order valence-corrected chi connectivity index (χ3v) is 2.95. The van der Waals surface area contributed by atoms with Crippen molar-refractivity contribution in [1.29, 1.82) is 0 Å². The van der Waals surface area contributed by atoms with E-state index in [4.69, 9.17) is 9.47 Å². The van der Waals surface area contributed by atoms with Gasteiger partial charge in [-0.2, -0.15) is 0 Å². The van der Waals surface area contributed by atoms with Gasteiger partial charge in [0.2, 0.25) is 0 Å². The maximum atomic E-state index is 11.7. The second-order valence-corrected chi connectivity index (χ2v) is 5.55. The van der Waals surface area contributed by atoms with E-state index >= 15 is 0 Å². The molecule has 0 spiro atoms. The van der Waals surface area contributed by atoms with E-state index in [0.29, 0.717) is 19.1 Å². The summed E-state index contributed by atoms with van der Waals surface area (Å²) in [5.41, 5.74) is 0.849. The van der Waals surface area contributed by atoms with Gasteiger partial charge in [0.15, 0.2) is 6.10 Å². The predicted octanol–water partition coefficient (Wildman–Crippen LogP) is 2.80. The third-order valence-electron chi connectivity index (χ3n) is 2.95. The molecule has 5 nitrogen and oxygen atoms in total. The summed E-state index contributed by atoms with van der Waals surface area (Å²) < 4.78 is 10.4. The van der Waals surface area contributed by atoms with Crippen molar-refractivity contribution in [1.82, 2.24) is 5.32 Å². The number of carbonyl (C=O) groups excluding carboxylic acids is 2. The van der Waals surface area contributed by atoms with Crippen LogP contribution < -0.4 is 10.1 Å². The standard InChI is InChI=1S/C18H25NO4/c1-5-22-16-9-6-15(7-10-16)8-11-17(20)23-14(4)18(21)19-12-13(2)3/h6-11,13-14H,5,12H2,1-4H3,(H,19,21)/b11-8+/t14-/m1/s1. The molecule has 1 N–H and O–H groups in total. The number of rotatable bonds is 8. The highest BCUT2D eigenvalue weighted by Crippen LogP contribution is 2.13. The van der Waals surface area contributed by atoms with Gasteiger partial charge in [-0.25, -0.2) is 4.79 Å². The lowest BCUT2D eigenvalue weighted by Gasteiger charge is -2.13. The van der Waals surface area contributed by atoms with Gasteiger partial charge >= 0.3 is 5.97 Å². The summed E-state index contributed by atoms with van der Waals surface area (Å²) in [6, 6.07) is 7.34. The fraction of sp³-hybridized carbons (Fsp3) is 0.444. The fourth-order valence-electron chi connectivity index (χ4n) is 1.72. The summed E-state index contributed by atoms with van der Waals surface area (Å²) in [6.07, 6.45) is 2.13. The monoisotopic (exact) mass is 319 g/mol. The molecule has 0 aliphatic rings. The number of hydrogen-bond donors (Lipinski definition) is 1. The summed E-state index contributed by atoms with van der Waals surface area (Å²) in [7, 11) is 0. The van der Waals surface area contributed by atoms with Gasteiger partial charge < -0.3 is 14.8 Å². The van der Waals surface area contributed by atoms with Crippen LogP contribution in [0, 0.1) is 5.92 Å². The molecule has 23 heavy (non-hydrogen) atoms. The average Bonchev–Trinajstić information content (AvgIpc) is 2.52. The Morgan fingerprint density at radius 3 is 2.39 bits per heavy atom. The Bertz CT molecular complexity index is 534. The van der Waals surface area contributed by atoms with Crippen molar-refractivity contribution in [2.45, 2.75) is 33.8 Å². The van der Waals surface area contributed by atoms with Crippen LogP contribution in [0.1, 0.15) is 33.3 Å². The maximum absolute atomic E-state index is 11.7. The normalized spacial score (nSPS) is 12.2. The molecular weight excluding hydrogens is 294 g/mol. The molecule has 0 radical (unpaired) electrons. The molecule has 1 aromatic carbocycles. The minimum absolute atomic E-state index is 0.290. The molecule has 1 aromatic rings. The first-order chi connectivity index (χ1) is 10.9. The van der Waals surface area contributed by atoms with Crippen LogP contribution in [-0.4, -0.2) is 31.1 Å². The summed E-state index contributed by atoms with van der Waals surface area (Å²) in [5, 5.41) is 2.73. The molecule has 0 unspecified atom stereocenters. The van der Waals surface area contributed by atoms with Crippen LogP contribution in [0.15, 0.2) is 30.3 Å². The van der Waals surface area contributed by atoms with E-state index < -0.39 is 12.1 Å². The van der Waals surface area contributed by atoms with Crippen molar-refractivity contribution in [2.75, 3.05) is 13.2 Å². The van der Waals surface area contributed by atoms with Gasteiger partial charge in [0.05, 0.1) is 6.61 Å². The molecule has 1 rings (SSSR count). The molecule has 1 amide bonds. The molecular formula is C18H25NO4. The predicted molar refractivity (Wildman–Crippen MR) is 90.0 cm³/mol. The molecule has 0 fully saturated rings. The first-order valence-electron chi connectivity index (χ1n) is 7.81. The molecule has 0 saturated heterocycles. The Hall–Kier alpha value is -2.30. The van der Waals surface area contributed by atoms with Crippen molar-refractivity contribution in [3.05, 3.63) is 35.9 Å². The maximum Gasteiger partial charge on any atom is 0.331 e. The average molecular weight is 319 g/mol. The zero-order valence-electron chi connectivity index (χ0n) is 14.2. The first kappa shape index (κ1) is 18.7. The van der Waals surface area contributed by atoms with Crippen molar-refractivity contribution >= 4 is 18.0 Å². The largest absolute Gasteiger partial charge is 0.494 e. The van der Waals surface area contributed by atoms with E-state index in [1.165, 1.54) is 6.08 Å². The molecule has 0 heterocycles. The van der Waals surface area contributed by atoms with Crippen LogP contribution in [0.3, 0.4) is 0 Å². The molecule has 0 aliphatic carbocycles. The Kier molecular flexibility index (Phi) is 7.88. The molecule has 1 atom stereocenters. The van der Waals surface area contributed by atoms with Gasteiger partial charge in [-0.3, -0.25) is 4.79 Å². The van der Waals surface area contributed by atoms with E-state index in [-0.39, 0.29) is 5.91 Å². The van der Waals surface area contributed by atoms with E-state index in [9.17, 15) is 9.59 Å². The van der Waals surface area contributed by atoms with Gasteiger partial charge in [-0.1, -0.05) is 26.0 Å². The topological polar surface area (TPSA) is 64.6 Å². The zero-order valence-corrected chi connectivity index (χ0v) is 14.2. The number of amides is 1. The SMILES string of the molecule is CCOc1ccc(/C=C/C(=O)O[C@H](C)C(=O)NCC(C)C)cc1. The summed E-state index contributed by atoms with van der Waals surface area (Å²) in [6.45, 7) is 8.63. The fourth-order valence-corrected chi connectivity index (χ4v) is 1.72. The van der Waals surface area contributed by atoms with Crippen LogP contribution in [0.4, 0.5) is 0 Å². The second-order valence-electron chi connectivity index (χ2n) is 5.55. The van der Waals surface area contributed by atoms with E-state index in [1.807, 2.05) is 45.0 Å². The Balaban J connectivity index is 2.47. The zero-order chi connectivity index (χ0) is 17.2. The third kappa shape index (κ3) is 7.49. The van der Waals surface area contributed by atoms with Gasteiger partial charge in [0, 0.05) is 12.6 Å². The molecule has 0 bridgehead atoms. The van der Waals surface area contributed by atoms with Crippen LogP contribution in [0.5, 0.6) is 5.75 Å². The van der Waals surface area contributed by atoms with Crippen LogP contribution in [-0.2, 0) is 14.3 Å². The van der Waals surface area contributed by atoms with Crippen LogP contribution >= 0.6 is 0 Å². The first-order valence-corrected chi connectivity index (χ1v) is 7.81. The number of ether oxygens (including phenoxy) is 2. The second kappa shape index (κ2) is 9.66. The van der Waals surface area contributed by atoms with Crippen molar-refractivity contribution in [2.24, 2.45) is 5.92 Å². The Morgan fingerprint density at radius 2 is 1.83 bits per heavy atom. The van der Waals surface area contributed by atoms with Gasteiger partial charge in [-0.15, -0.1) is 0 Å². The van der Waals surface area contributed by atoms with E-state index in [2.05, 4.69) is 5.32 Å². The minimum Gasteiger partial charge on any atom is -0.494 e. The highest BCUT2D eigenvalue weighted by molar-refractivity contribution is 5.90. The van der Waals surface area contributed by atoms with Crippen molar-refractivity contribution in [3.8, 4) is 5.75 Å². The minimum atomic E-state index is -0.814. The molecule has 0 saturated carbocycles. The number of esters is 1. The van der Waals surface area contributed by atoms with Crippen LogP contribution in [0.2, 0.25) is 0 Å². The van der Waals surface area contributed by atoms with E-state index in [1.54, 1.807) is 13.0 Å². The number of carbonyl (C=O) groups is 2. The highest BCUT2D eigenvalue weighted by atomic mass is 16.5. The molecule has 0 aliphatic heterocycles. The van der Waals surface area contributed by atoms with Gasteiger partial charge in [-0.05, 0) is 43.5 Å². The lowest BCUT2D eigenvalue weighted by atomic mass is 10.2. The van der Waals surface area contributed by atoms with Crippen LogP contribution in [0.25, 0.3) is 6.08 Å². The van der Waals surface area contributed by atoms with Gasteiger partial charge in [0.25, 0.3) is 5.91 Å². The van der Waals surface area contributed by atoms with Gasteiger partial charge in [0.1, 0.15) is 5.75 Å². The molecule has 0 aromatic heterocycles. The number of benzene rings is 1. The lowest BCUT2D eigenvalue weighted by Crippen LogP contribution is -2.37. The summed E-state index contributed by atoms with van der Waals surface area (Å²) >= 11 is 0. The number of nitrogens with one attached hydrogen (secondary N) is 1. The Labute approximate surface area is 137 Å². The summed E-state index contributed by atoms with van der Waals surface area (Å²) in [5.74, 6) is 0.289. The molecule has 5 heteroatoms. The van der Waals surface area contributed by atoms with Crippen molar-refractivity contribution in [3.63, 3.8) is 0 Å². The smallest absolute Gasteiger partial charge is 0.331 e. The number of hydrogen-bond acceptors (Lipinski definition) is 4. The summed E-state index contributed by atoms with van der Waals surface area (Å²) in [4.78, 5) is 23.5. The Morgan fingerprint density at radius 1 is 1.17 bits per heavy atom. The quantitative estimate of drug-likeness (QED) is 0.591. The highest BCUT2D eigenvalue weighted by Gasteiger charge is 2.16. The lowest BCUT2D eigenvalue weighted by molar-refractivity contribution is -0.150. The molecule has 126 valence electrons.